The Morgan fingerprint density at radius 1 is 1.18 bits per heavy atom. The molecular weight excluding hydrogens is 536 g/mol. The second kappa shape index (κ2) is 12.9. The van der Waals surface area contributed by atoms with Gasteiger partial charge in [0, 0.05) is 23.5 Å². The zero-order valence-corrected chi connectivity index (χ0v) is 23.5. The summed E-state index contributed by atoms with van der Waals surface area (Å²) in [4.78, 5) is 25.0. The standard InChI is InChI=1S/C25H26N8O4SSi/c1-36-23-9-18(24(34)30-15-38(2)35)6-7-21(23)32-25-28-11-20(12-29-25)17-4-5-19(10-26)22(8-17)37-39(3)16-33-14-27-13-31-33/h4-9,11-14,39H,15-16H2,1-3H3,(H,30,34)(H,28,29,32)/t38-,39-/m0/s1. The van der Waals surface area contributed by atoms with Crippen molar-refractivity contribution < 1.29 is 18.5 Å². The fraction of sp³-hybridized carbons (Fsp3) is 0.200. The lowest BCUT2D eigenvalue weighted by Crippen LogP contribution is -2.28. The van der Waals surface area contributed by atoms with Crippen LogP contribution >= 0.6 is 0 Å². The van der Waals surface area contributed by atoms with Gasteiger partial charge in [-0.25, -0.2) is 15.0 Å². The molecule has 12 nitrogen and oxygen atoms in total. The molecule has 0 fully saturated rings. The number of amides is 1. The number of hydrogen-bond donors (Lipinski definition) is 2. The highest BCUT2D eigenvalue weighted by atomic mass is 32.2. The lowest BCUT2D eigenvalue weighted by Gasteiger charge is -2.16. The first-order valence-corrected chi connectivity index (χ1v) is 15.9. The maximum Gasteiger partial charge on any atom is 0.254 e. The molecule has 0 saturated carbocycles. The fourth-order valence-electron chi connectivity index (χ4n) is 3.60. The number of rotatable bonds is 11. The van der Waals surface area contributed by atoms with Crippen molar-refractivity contribution in [1.82, 2.24) is 30.0 Å². The number of carbonyl (C=O) groups is 1. The first kappa shape index (κ1) is 27.6. The van der Waals surface area contributed by atoms with Crippen LogP contribution in [-0.2, 0) is 17.3 Å². The van der Waals surface area contributed by atoms with Gasteiger partial charge in [0.25, 0.3) is 14.9 Å². The summed E-state index contributed by atoms with van der Waals surface area (Å²) in [5.74, 6) is 0.978. The molecule has 2 aromatic carbocycles. The smallest absolute Gasteiger partial charge is 0.254 e. The molecular formula is C25H26N8O4SSi. The van der Waals surface area contributed by atoms with Crippen molar-refractivity contribution in [2.24, 2.45) is 0 Å². The summed E-state index contributed by atoms with van der Waals surface area (Å²) in [6.07, 6.45) is 8.57. The second-order valence-corrected chi connectivity index (χ2v) is 12.1. The predicted molar refractivity (Wildman–Crippen MR) is 149 cm³/mol. The monoisotopic (exact) mass is 562 g/mol. The van der Waals surface area contributed by atoms with Crippen molar-refractivity contribution in [2.75, 3.05) is 24.6 Å². The minimum absolute atomic E-state index is 0.0676. The summed E-state index contributed by atoms with van der Waals surface area (Å²) in [6.45, 7) is 2.03. The van der Waals surface area contributed by atoms with Gasteiger partial charge in [-0.3, -0.25) is 9.48 Å². The molecule has 4 aromatic rings. The number of methoxy groups -OCH3 is 1. The van der Waals surface area contributed by atoms with Crippen LogP contribution in [0, 0.1) is 11.3 Å². The van der Waals surface area contributed by atoms with E-state index in [-0.39, 0.29) is 11.8 Å². The van der Waals surface area contributed by atoms with Crippen LogP contribution in [0.4, 0.5) is 11.6 Å². The lowest BCUT2D eigenvalue weighted by atomic mass is 10.1. The molecule has 0 aliphatic rings. The van der Waals surface area contributed by atoms with E-state index in [1.54, 1.807) is 47.7 Å². The minimum atomic E-state index is -1.74. The van der Waals surface area contributed by atoms with E-state index in [2.05, 4.69) is 36.8 Å². The van der Waals surface area contributed by atoms with Gasteiger partial charge >= 0.3 is 0 Å². The van der Waals surface area contributed by atoms with Crippen molar-refractivity contribution in [3.8, 4) is 28.7 Å². The van der Waals surface area contributed by atoms with Crippen molar-refractivity contribution >= 4 is 37.8 Å². The third-order valence-corrected chi connectivity index (χ3v) is 7.57. The second-order valence-electron chi connectivity index (χ2n) is 8.43. The Morgan fingerprint density at radius 3 is 2.64 bits per heavy atom. The summed E-state index contributed by atoms with van der Waals surface area (Å²) >= 11 is -1.14. The average Bonchev–Trinajstić information content (AvgIpc) is 3.45. The number of hydrogen-bond acceptors (Lipinski definition) is 10. The third-order valence-electron chi connectivity index (χ3n) is 5.47. The van der Waals surface area contributed by atoms with E-state index >= 15 is 0 Å². The molecule has 2 atom stereocenters. The number of anilines is 2. The number of nitriles is 1. The minimum Gasteiger partial charge on any atom is -0.615 e. The largest absolute Gasteiger partial charge is 0.615 e. The summed E-state index contributed by atoms with van der Waals surface area (Å²) in [5.41, 5.74) is 2.94. The molecule has 0 bridgehead atoms. The first-order chi connectivity index (χ1) is 18.9. The van der Waals surface area contributed by atoms with Gasteiger partial charge in [-0.1, -0.05) is 6.07 Å². The quantitative estimate of drug-likeness (QED) is 0.205. The van der Waals surface area contributed by atoms with Crippen LogP contribution in [0.2, 0.25) is 6.55 Å². The van der Waals surface area contributed by atoms with Crippen molar-refractivity contribution in [3.63, 3.8) is 0 Å². The van der Waals surface area contributed by atoms with Crippen LogP contribution in [0.15, 0.2) is 61.4 Å². The molecule has 39 heavy (non-hydrogen) atoms. The van der Waals surface area contributed by atoms with Crippen LogP contribution in [0.1, 0.15) is 15.9 Å². The molecule has 0 spiro atoms. The zero-order chi connectivity index (χ0) is 27.8. The van der Waals surface area contributed by atoms with Crippen molar-refractivity contribution in [2.45, 2.75) is 12.7 Å². The Labute approximate surface area is 229 Å². The van der Waals surface area contributed by atoms with Crippen LogP contribution < -0.4 is 19.8 Å². The Balaban J connectivity index is 1.47. The zero-order valence-electron chi connectivity index (χ0n) is 21.5. The summed E-state index contributed by atoms with van der Waals surface area (Å²) in [6, 6.07) is 12.4. The van der Waals surface area contributed by atoms with Gasteiger partial charge in [0.2, 0.25) is 5.95 Å². The van der Waals surface area contributed by atoms with Gasteiger partial charge in [-0.15, -0.1) is 0 Å². The lowest BCUT2D eigenvalue weighted by molar-refractivity contribution is 0.0959. The molecule has 2 N–H and O–H groups in total. The molecule has 0 unspecified atom stereocenters. The van der Waals surface area contributed by atoms with E-state index in [9.17, 15) is 14.6 Å². The molecule has 1 amide bonds. The summed E-state index contributed by atoms with van der Waals surface area (Å²) < 4.78 is 24.6. The Bertz CT molecular complexity index is 1460. The van der Waals surface area contributed by atoms with Crippen molar-refractivity contribution in [1.29, 1.82) is 5.26 Å². The third kappa shape index (κ3) is 7.32. The fourth-order valence-corrected chi connectivity index (χ4v) is 5.36. The highest BCUT2D eigenvalue weighted by Gasteiger charge is 2.15. The van der Waals surface area contributed by atoms with Crippen molar-refractivity contribution in [3.05, 3.63) is 72.6 Å². The Kier molecular flexibility index (Phi) is 9.10. The van der Waals surface area contributed by atoms with Gasteiger partial charge in [0.15, 0.2) is 5.88 Å². The average molecular weight is 563 g/mol. The molecule has 0 radical (unpaired) electrons. The van der Waals surface area contributed by atoms with E-state index in [1.165, 1.54) is 19.7 Å². The number of aromatic nitrogens is 5. The summed E-state index contributed by atoms with van der Waals surface area (Å²) in [5, 5.41) is 19.4. The number of ether oxygens (including phenoxy) is 1. The van der Waals surface area contributed by atoms with Gasteiger partial charge in [-0.2, -0.15) is 10.4 Å². The number of nitrogens with zero attached hydrogens (tertiary/aromatic N) is 6. The van der Waals surface area contributed by atoms with Crippen LogP contribution in [-0.4, -0.2) is 63.5 Å². The molecule has 14 heteroatoms. The molecule has 2 heterocycles. The molecule has 0 aliphatic carbocycles. The topological polar surface area (TPSA) is 163 Å². The van der Waals surface area contributed by atoms with Crippen LogP contribution in [0.5, 0.6) is 11.5 Å². The van der Waals surface area contributed by atoms with Gasteiger partial charge in [-0.05, 0) is 53.6 Å². The number of nitrogens with one attached hydrogen (secondary N) is 2. The maximum absolute atomic E-state index is 12.3. The SMILES string of the molecule is COc1cc(C(=O)NC[S@+](C)[O-])ccc1Nc1ncc(-c2ccc(C#N)c(O[Si@@H](C)Cn3cncn3)c2)cn1. The normalized spacial score (nSPS) is 12.2. The van der Waals surface area contributed by atoms with E-state index in [0.29, 0.717) is 40.4 Å². The van der Waals surface area contributed by atoms with Crippen LogP contribution in [0.25, 0.3) is 11.1 Å². The van der Waals surface area contributed by atoms with Gasteiger partial charge in [0.1, 0.15) is 30.2 Å². The van der Waals surface area contributed by atoms with Crippen LogP contribution in [0.3, 0.4) is 0 Å². The molecule has 200 valence electrons. The number of carbonyl (C=O) groups excluding carboxylic acids is 1. The first-order valence-electron chi connectivity index (χ1n) is 11.7. The van der Waals surface area contributed by atoms with E-state index < -0.39 is 20.2 Å². The molecule has 0 aliphatic heterocycles. The van der Waals surface area contributed by atoms with Gasteiger partial charge < -0.3 is 24.3 Å². The van der Waals surface area contributed by atoms with Gasteiger partial charge in [0.05, 0.1) is 30.8 Å². The highest BCUT2D eigenvalue weighted by molar-refractivity contribution is 7.90. The molecule has 2 aromatic heterocycles. The maximum atomic E-state index is 12.3. The Morgan fingerprint density at radius 2 is 1.97 bits per heavy atom. The van der Waals surface area contributed by atoms with E-state index in [1.807, 2.05) is 18.7 Å². The highest BCUT2D eigenvalue weighted by Crippen LogP contribution is 2.30. The number of benzene rings is 2. The molecule has 4 rings (SSSR count). The summed E-state index contributed by atoms with van der Waals surface area (Å²) in [7, 11) is -0.242. The van der Waals surface area contributed by atoms with E-state index in [4.69, 9.17) is 9.16 Å². The molecule has 0 saturated heterocycles. The predicted octanol–water partition coefficient (Wildman–Crippen LogP) is 2.40. The van der Waals surface area contributed by atoms with E-state index in [0.717, 1.165) is 11.1 Å². The Hall–Kier alpha value is -4.45.